The van der Waals surface area contributed by atoms with Crippen molar-refractivity contribution in [2.75, 3.05) is 88.3 Å². The summed E-state index contributed by atoms with van der Waals surface area (Å²) in [6, 6.07) is 23.0. The smallest absolute Gasteiger partial charge is 0.444 e. The third kappa shape index (κ3) is 25.7. The average Bonchev–Trinajstić information content (AvgIpc) is 1.41. The molecule has 9 aromatic rings. The number of para-hydroxylation sites is 3. The van der Waals surface area contributed by atoms with Crippen LogP contribution in [0.2, 0.25) is 0 Å². The highest BCUT2D eigenvalue weighted by Gasteiger charge is 2.39. The van der Waals surface area contributed by atoms with Crippen molar-refractivity contribution in [3.63, 3.8) is 0 Å². The zero-order chi connectivity index (χ0) is 89.0. The van der Waals surface area contributed by atoms with E-state index in [1.54, 1.807) is 64.8 Å². The van der Waals surface area contributed by atoms with E-state index in [9.17, 15) is 33.2 Å². The molecule has 14 heterocycles. The molecule has 0 radical (unpaired) electrons. The number of H-pyrrole nitrogens is 3. The Labute approximate surface area is 722 Å². The first kappa shape index (κ1) is 93.0. The zero-order valence-corrected chi connectivity index (χ0v) is 75.6. The second-order valence-electron chi connectivity index (χ2n) is 38.8. The van der Waals surface area contributed by atoms with E-state index in [0.717, 1.165) is 135 Å². The van der Waals surface area contributed by atoms with Gasteiger partial charge in [-0.1, -0.05) is 55.7 Å². The lowest BCUT2D eigenvalue weighted by Gasteiger charge is -2.47. The first-order valence-electron chi connectivity index (χ1n) is 43.5. The minimum atomic E-state index is -1.06. The molecule has 0 atom stereocenters. The summed E-state index contributed by atoms with van der Waals surface area (Å²) < 4.78 is 32.8. The molecule has 4 amide bonds. The Morgan fingerprint density at radius 2 is 0.789 bits per heavy atom. The number of carbonyl (C=O) groups is 6. The minimum absolute atomic E-state index is 0.0154. The summed E-state index contributed by atoms with van der Waals surface area (Å²) in [5.41, 5.74) is 13.4. The molecule has 0 saturated carbocycles. The van der Waals surface area contributed by atoms with Crippen LogP contribution in [0, 0.1) is 5.95 Å². The first-order chi connectivity index (χ1) is 57.9. The van der Waals surface area contributed by atoms with Crippen molar-refractivity contribution < 1.29 is 52.1 Å². The number of hydrogen-bond acceptors (Lipinski definition) is 22. The van der Waals surface area contributed by atoms with Crippen LogP contribution in [0.3, 0.4) is 0 Å². The SMILES string of the molecule is CC(C)(C)OC(=O)N1CCN(c2cnc3cccc(-c4cc5c([nH]4)CCNC5=O)c3n2)C(C)(C)C1.CC(C)(C)OC(=O)OC(=O)OC(C)(C)C.CC1(C)CCCCN1.CC1(C)CCCCN1.CC1(C)CCCCN1.CC1(C)CNCCN1c1cnc2cccc(-c3cc4c([nH]3)CCNC4=O)c2n1.O=C1NCCc2[nH]c(-c3cccc4ncc(F)nc34)cc21. The van der Waals surface area contributed by atoms with Gasteiger partial charge >= 0.3 is 18.4 Å². The number of rotatable bonds is 5. The summed E-state index contributed by atoms with van der Waals surface area (Å²) in [5, 5.41) is 22.4. The maximum Gasteiger partial charge on any atom is 0.519 e. The number of anilines is 2. The van der Waals surface area contributed by atoms with E-state index in [4.69, 9.17) is 29.2 Å². The first-order valence-corrected chi connectivity index (χ1v) is 43.5. The van der Waals surface area contributed by atoms with Gasteiger partial charge in [-0.15, -0.1) is 0 Å². The molecule has 5 saturated heterocycles. The van der Waals surface area contributed by atoms with Gasteiger partial charge in [-0.05, 0) is 226 Å². The topological polar surface area (TPSA) is 358 Å². The number of aromatic nitrogens is 9. The van der Waals surface area contributed by atoms with Crippen LogP contribution in [0.5, 0.6) is 0 Å². The van der Waals surface area contributed by atoms with Gasteiger partial charge in [-0.2, -0.15) is 4.39 Å². The van der Waals surface area contributed by atoms with Gasteiger partial charge in [0, 0.05) is 151 Å². The van der Waals surface area contributed by atoms with Crippen molar-refractivity contribution in [1.29, 1.82) is 0 Å². The summed E-state index contributed by atoms with van der Waals surface area (Å²) >= 11 is 0. The fourth-order valence-corrected chi connectivity index (χ4v) is 16.0. The molecular formula is C93H130FN19O10. The zero-order valence-electron chi connectivity index (χ0n) is 75.6. The van der Waals surface area contributed by atoms with E-state index >= 15 is 0 Å². The Morgan fingerprint density at radius 1 is 0.423 bits per heavy atom. The molecule has 664 valence electrons. The van der Waals surface area contributed by atoms with E-state index in [1.807, 2.05) is 87.6 Å². The molecule has 123 heavy (non-hydrogen) atoms. The van der Waals surface area contributed by atoms with E-state index in [1.165, 1.54) is 77.4 Å². The molecule has 29 nitrogen and oxygen atoms in total. The van der Waals surface area contributed by atoms with Gasteiger partial charge in [-0.25, -0.2) is 34.3 Å². The predicted molar refractivity (Wildman–Crippen MR) is 481 cm³/mol. The second kappa shape index (κ2) is 39.0. The summed E-state index contributed by atoms with van der Waals surface area (Å²) in [6.07, 6.45) is 17.0. The molecule has 17 rings (SSSR count). The second-order valence-corrected chi connectivity index (χ2v) is 38.8. The summed E-state index contributed by atoms with van der Waals surface area (Å²) in [6.45, 7) is 47.9. The molecule has 6 aromatic heterocycles. The molecule has 8 aliphatic heterocycles. The number of halogens is 1. The average molecular weight is 1690 g/mol. The lowest BCUT2D eigenvalue weighted by molar-refractivity contribution is -0.0295. The number of benzene rings is 3. The minimum Gasteiger partial charge on any atom is -0.444 e. The van der Waals surface area contributed by atoms with Crippen molar-refractivity contribution in [3.8, 4) is 33.8 Å². The number of piperazine rings is 2. The third-order valence-corrected chi connectivity index (χ3v) is 22.3. The van der Waals surface area contributed by atoms with Gasteiger partial charge in [0.05, 0.1) is 57.4 Å². The maximum absolute atomic E-state index is 13.4. The summed E-state index contributed by atoms with van der Waals surface area (Å²) in [7, 11) is 0. The van der Waals surface area contributed by atoms with Crippen molar-refractivity contribution in [2.45, 2.75) is 253 Å². The molecule has 0 unspecified atom stereocenters. The van der Waals surface area contributed by atoms with E-state index < -0.39 is 35.1 Å². The highest BCUT2D eigenvalue weighted by atomic mass is 19.1. The molecule has 10 N–H and O–H groups in total. The van der Waals surface area contributed by atoms with Crippen LogP contribution in [0.15, 0.2) is 91.4 Å². The molecule has 0 spiro atoms. The number of carbonyl (C=O) groups excluding carboxylic acids is 6. The third-order valence-electron chi connectivity index (χ3n) is 22.3. The Bertz CT molecular complexity index is 5120. The molecule has 8 aliphatic rings. The van der Waals surface area contributed by atoms with Crippen LogP contribution in [-0.4, -0.2) is 209 Å². The predicted octanol–water partition coefficient (Wildman–Crippen LogP) is 15.4. The van der Waals surface area contributed by atoms with Gasteiger partial charge in [0.25, 0.3) is 17.7 Å². The van der Waals surface area contributed by atoms with E-state index in [0.29, 0.717) is 78.0 Å². The van der Waals surface area contributed by atoms with Crippen molar-refractivity contribution in [1.82, 2.24) is 87.0 Å². The van der Waals surface area contributed by atoms with Crippen LogP contribution < -0.4 is 47.0 Å². The molecule has 5 fully saturated rings. The quantitative estimate of drug-likeness (QED) is 0.0435. The molecular weight excluding hydrogens is 1560 g/mol. The number of nitrogens with one attached hydrogen (secondary N) is 10. The Hall–Kier alpha value is -10.7. The standard InChI is InChI=1S/C26H32N6O3.C21H24N6O.C15H11FN4O.C10H18O5.3C7H15N/c1-25(2,3)35-24(34)31-11-12-32(26(4,5)15-31)21-14-28-19-8-6-7-16(22(19)30-21)20-13-17-18(29-20)9-10-27-23(17)33;1-21(2)12-22-8-9-27(21)18-11-24-16-5-3-4-13(19(16)26-18)17-10-14-15(25-17)6-7-23-20(14)28;16-13-7-18-11-3-1-2-8(14(11)20-13)12-6-9-10(19-12)4-5-17-15(9)21;1-9(2,3)14-7(11)13-8(12)15-10(4,5)6;3*1-7(2)5-3-4-6-8-7/h6-8,13-14,29H,9-12,15H2,1-5H3,(H,27,33);3-5,10-11,22,25H,6-9,12H2,1-2H3,(H,23,28);1-3,6-7,19H,4-5H2,(H,17,21);1-6H3;3*8H,3-6H2,1-2H3. The van der Waals surface area contributed by atoms with Crippen LogP contribution in [0.1, 0.15) is 237 Å². The highest BCUT2D eigenvalue weighted by Crippen LogP contribution is 2.37. The molecule has 30 heteroatoms. The van der Waals surface area contributed by atoms with Gasteiger partial charge in [0.1, 0.15) is 45.0 Å². The summed E-state index contributed by atoms with van der Waals surface area (Å²) in [5.74, 6) is 0.873. The number of hydrogen-bond donors (Lipinski definition) is 10. The molecule has 0 bridgehead atoms. The maximum atomic E-state index is 13.4. The van der Waals surface area contributed by atoms with Gasteiger partial charge in [0.15, 0.2) is 0 Å². The number of amides is 4. The lowest BCUT2D eigenvalue weighted by Crippen LogP contribution is -2.61. The van der Waals surface area contributed by atoms with Gasteiger partial charge in [0.2, 0.25) is 5.95 Å². The van der Waals surface area contributed by atoms with E-state index in [-0.39, 0.29) is 34.9 Å². The molecule has 0 aliphatic carbocycles. The Kier molecular flexibility index (Phi) is 29.5. The van der Waals surface area contributed by atoms with Crippen LogP contribution in [0.4, 0.5) is 30.4 Å². The van der Waals surface area contributed by atoms with Crippen LogP contribution in [-0.2, 0) is 38.2 Å². The van der Waals surface area contributed by atoms with Crippen molar-refractivity contribution >= 4 is 80.9 Å². The number of nitrogens with zero attached hydrogens (tertiary/aromatic N) is 9. The fraction of sp³-hybridized carbons (Fsp3) is 0.548. The van der Waals surface area contributed by atoms with E-state index in [2.05, 4.69) is 151 Å². The summed E-state index contributed by atoms with van der Waals surface area (Å²) in [4.78, 5) is 115. The Balaban J connectivity index is 0.000000150. The van der Waals surface area contributed by atoms with Gasteiger partial charge in [-0.3, -0.25) is 24.4 Å². The van der Waals surface area contributed by atoms with Crippen molar-refractivity contribution in [3.05, 3.63) is 131 Å². The van der Waals surface area contributed by atoms with Crippen LogP contribution >= 0.6 is 0 Å². The van der Waals surface area contributed by atoms with Crippen LogP contribution in [0.25, 0.3) is 66.9 Å². The van der Waals surface area contributed by atoms with Gasteiger partial charge < -0.3 is 85.8 Å². The lowest BCUT2D eigenvalue weighted by atomic mass is 9.93. The number of piperidine rings is 3. The normalized spacial score (nSPS) is 18.6. The Morgan fingerprint density at radius 3 is 1.11 bits per heavy atom. The number of ether oxygens (including phenoxy) is 4. The fourth-order valence-electron chi connectivity index (χ4n) is 16.0. The van der Waals surface area contributed by atoms with Crippen molar-refractivity contribution in [2.24, 2.45) is 0 Å². The monoisotopic (exact) mass is 1690 g/mol. The highest BCUT2D eigenvalue weighted by molar-refractivity contribution is 6.02. The molecule has 3 aromatic carbocycles. The number of aromatic amines is 3. The number of fused-ring (bicyclic) bond motifs is 6. The largest absolute Gasteiger partial charge is 0.519 e.